The average Bonchev–Trinajstić information content (AvgIpc) is 2.98. The highest BCUT2D eigenvalue weighted by molar-refractivity contribution is 5.83. The molecule has 5 rings (SSSR count). The summed E-state index contributed by atoms with van der Waals surface area (Å²) in [5.74, 6) is 1.83. The quantitative estimate of drug-likeness (QED) is 0.300. The number of benzene rings is 2. The van der Waals surface area contributed by atoms with E-state index < -0.39 is 0 Å². The number of methoxy groups -OCH3 is 1. The Balaban J connectivity index is 1.32. The van der Waals surface area contributed by atoms with Crippen LogP contribution in [0, 0.1) is 0 Å². The van der Waals surface area contributed by atoms with E-state index in [0.717, 1.165) is 57.8 Å². The van der Waals surface area contributed by atoms with Crippen molar-refractivity contribution in [1.29, 1.82) is 0 Å². The molecule has 3 N–H and O–H groups in total. The minimum atomic E-state index is 0.203. The van der Waals surface area contributed by atoms with E-state index in [1.54, 1.807) is 25.3 Å². The Morgan fingerprint density at radius 1 is 1.05 bits per heavy atom. The highest BCUT2D eigenvalue weighted by atomic mass is 16.5. The lowest BCUT2D eigenvalue weighted by molar-refractivity contribution is 0.0982. The number of carbonyl (C=O) groups excluding carboxylic acids is 1. The highest BCUT2D eigenvalue weighted by Crippen LogP contribution is 2.35. The molecule has 212 valence electrons. The van der Waals surface area contributed by atoms with Crippen molar-refractivity contribution in [3.63, 3.8) is 0 Å². The second kappa shape index (κ2) is 12.5. The summed E-state index contributed by atoms with van der Waals surface area (Å²) in [7, 11) is 3.84. The monoisotopic (exact) mass is 545 g/mol. The van der Waals surface area contributed by atoms with Crippen LogP contribution in [0.3, 0.4) is 0 Å². The van der Waals surface area contributed by atoms with E-state index in [1.165, 1.54) is 0 Å². The zero-order chi connectivity index (χ0) is 28.1. The molecule has 2 aliphatic rings. The van der Waals surface area contributed by atoms with Gasteiger partial charge in [0.2, 0.25) is 5.88 Å². The normalized spacial score (nSPS) is 17.0. The van der Waals surface area contributed by atoms with E-state index in [4.69, 9.17) is 15.2 Å². The lowest BCUT2D eigenvalue weighted by Gasteiger charge is -2.42. The van der Waals surface area contributed by atoms with E-state index in [2.05, 4.69) is 43.1 Å². The molecule has 0 aliphatic carbocycles. The number of hydrogen-bond acceptors (Lipinski definition) is 10. The van der Waals surface area contributed by atoms with Crippen LogP contribution in [0.4, 0.5) is 22.9 Å². The summed E-state index contributed by atoms with van der Waals surface area (Å²) in [5.41, 5.74) is 9.08. The Hall–Kier alpha value is -3.89. The second-order valence-electron chi connectivity index (χ2n) is 10.4. The van der Waals surface area contributed by atoms with Crippen molar-refractivity contribution < 1.29 is 14.3 Å². The van der Waals surface area contributed by atoms with Crippen LogP contribution in [0.5, 0.6) is 17.4 Å². The Labute approximate surface area is 236 Å². The number of carbonyl (C=O) groups is 1. The number of nitrogens with zero attached hydrogens (tertiary/aromatic N) is 5. The summed E-state index contributed by atoms with van der Waals surface area (Å²) >= 11 is 0. The van der Waals surface area contributed by atoms with Crippen LogP contribution in [0.2, 0.25) is 0 Å². The van der Waals surface area contributed by atoms with Crippen LogP contribution >= 0.6 is 0 Å². The van der Waals surface area contributed by atoms with E-state index >= 15 is 0 Å². The maximum Gasteiger partial charge on any atom is 0.243 e. The van der Waals surface area contributed by atoms with Gasteiger partial charge < -0.3 is 30.3 Å². The first-order valence-corrected chi connectivity index (χ1v) is 14.0. The van der Waals surface area contributed by atoms with Crippen molar-refractivity contribution in [2.75, 3.05) is 69.4 Å². The summed E-state index contributed by atoms with van der Waals surface area (Å²) in [6, 6.07) is 13.9. The van der Waals surface area contributed by atoms with Gasteiger partial charge in [0.15, 0.2) is 12.1 Å². The predicted molar refractivity (Wildman–Crippen MR) is 158 cm³/mol. The largest absolute Gasteiger partial charge is 0.494 e. The standard InChI is InChI=1S/C30H39N7O3/c1-4-25-30(40-24-7-5-6-21(31)18-24)34-29(27(20-38)32-25)33-26-9-8-23(19-28(26)39-3)36-12-10-22(11-13-36)37-16-14-35(2)15-17-37/h5-9,18-20,22H,4,10-17,31H2,1-3H3,(H,33,34). The van der Waals surface area contributed by atoms with Gasteiger partial charge >= 0.3 is 0 Å². The van der Waals surface area contributed by atoms with Gasteiger partial charge in [0.25, 0.3) is 0 Å². The molecule has 1 aromatic heterocycles. The Morgan fingerprint density at radius 3 is 2.50 bits per heavy atom. The molecular weight excluding hydrogens is 506 g/mol. The third-order valence-corrected chi connectivity index (χ3v) is 7.80. The lowest BCUT2D eigenvalue weighted by atomic mass is 10.0. The van der Waals surface area contributed by atoms with Gasteiger partial charge in [-0.1, -0.05) is 13.0 Å². The van der Waals surface area contributed by atoms with Gasteiger partial charge in [-0.05, 0) is 50.6 Å². The van der Waals surface area contributed by atoms with Gasteiger partial charge in [0.1, 0.15) is 22.9 Å². The van der Waals surface area contributed by atoms with Crippen LogP contribution in [0.15, 0.2) is 42.5 Å². The maximum atomic E-state index is 11.9. The third kappa shape index (κ3) is 6.29. The number of ether oxygens (including phenoxy) is 2. The number of piperidine rings is 1. The molecule has 2 saturated heterocycles. The van der Waals surface area contributed by atoms with E-state index in [0.29, 0.717) is 59.0 Å². The Kier molecular flexibility index (Phi) is 8.66. The summed E-state index contributed by atoms with van der Waals surface area (Å²) in [6.07, 6.45) is 3.56. The van der Waals surface area contributed by atoms with E-state index in [-0.39, 0.29) is 5.69 Å². The SMILES string of the molecule is CCc1nc(C=O)c(Nc2ccc(N3CCC(N4CCN(C)CC4)CC3)cc2OC)nc1Oc1cccc(N)c1. The number of aromatic nitrogens is 2. The van der Waals surface area contributed by atoms with Crippen LogP contribution < -0.4 is 25.4 Å². The molecule has 10 heteroatoms. The molecule has 0 saturated carbocycles. The molecule has 2 fully saturated rings. The summed E-state index contributed by atoms with van der Waals surface area (Å²) in [4.78, 5) is 28.6. The minimum Gasteiger partial charge on any atom is -0.494 e. The fourth-order valence-electron chi connectivity index (χ4n) is 5.43. The van der Waals surface area contributed by atoms with Crippen molar-refractivity contribution in [2.24, 2.45) is 0 Å². The molecule has 10 nitrogen and oxygen atoms in total. The van der Waals surface area contributed by atoms with Gasteiger partial charge in [0, 0.05) is 68.8 Å². The number of aldehydes is 1. The molecule has 2 aliphatic heterocycles. The van der Waals surface area contributed by atoms with Crippen molar-refractivity contribution in [2.45, 2.75) is 32.2 Å². The fourth-order valence-corrected chi connectivity index (χ4v) is 5.43. The maximum absolute atomic E-state index is 11.9. The molecule has 0 spiro atoms. The number of rotatable bonds is 9. The molecular formula is C30H39N7O3. The van der Waals surface area contributed by atoms with Crippen molar-refractivity contribution in [1.82, 2.24) is 19.8 Å². The van der Waals surface area contributed by atoms with Crippen molar-refractivity contribution in [3.05, 3.63) is 53.9 Å². The summed E-state index contributed by atoms with van der Waals surface area (Å²) in [6.45, 7) is 8.58. The Bertz CT molecular complexity index is 1320. The predicted octanol–water partition coefficient (Wildman–Crippen LogP) is 4.19. The lowest BCUT2D eigenvalue weighted by Crippen LogP contribution is -2.52. The number of nitrogens with two attached hydrogens (primary N) is 1. The van der Waals surface area contributed by atoms with Crippen LogP contribution in [-0.2, 0) is 6.42 Å². The zero-order valence-corrected chi connectivity index (χ0v) is 23.6. The first-order valence-electron chi connectivity index (χ1n) is 14.0. The first-order chi connectivity index (χ1) is 19.5. The first kappa shape index (κ1) is 27.7. The third-order valence-electron chi connectivity index (χ3n) is 7.80. The Morgan fingerprint density at radius 2 is 1.82 bits per heavy atom. The molecule has 0 amide bonds. The van der Waals surface area contributed by atoms with E-state index in [1.807, 2.05) is 25.1 Å². The van der Waals surface area contributed by atoms with Gasteiger partial charge in [0.05, 0.1) is 12.8 Å². The number of aryl methyl sites for hydroxylation is 1. The smallest absolute Gasteiger partial charge is 0.243 e. The number of hydrogen-bond donors (Lipinski definition) is 2. The van der Waals surface area contributed by atoms with Crippen molar-refractivity contribution in [3.8, 4) is 17.4 Å². The topological polar surface area (TPSA) is 109 Å². The van der Waals surface area contributed by atoms with Gasteiger partial charge in [-0.2, -0.15) is 4.98 Å². The summed E-state index contributed by atoms with van der Waals surface area (Å²) in [5, 5.41) is 3.25. The molecule has 2 aromatic carbocycles. The summed E-state index contributed by atoms with van der Waals surface area (Å²) < 4.78 is 11.8. The molecule has 0 bridgehead atoms. The number of piperazine rings is 1. The van der Waals surface area contributed by atoms with Gasteiger partial charge in [-0.3, -0.25) is 9.69 Å². The molecule has 3 aromatic rings. The van der Waals surface area contributed by atoms with Crippen LogP contribution in [0.25, 0.3) is 0 Å². The number of anilines is 4. The molecule has 0 atom stereocenters. The zero-order valence-electron chi connectivity index (χ0n) is 23.6. The van der Waals surface area contributed by atoms with Gasteiger partial charge in [-0.15, -0.1) is 0 Å². The van der Waals surface area contributed by atoms with Gasteiger partial charge in [-0.25, -0.2) is 4.98 Å². The number of likely N-dealkylation sites (N-methyl/N-ethyl adjacent to an activating group) is 1. The molecule has 40 heavy (non-hydrogen) atoms. The molecule has 0 radical (unpaired) electrons. The second-order valence-corrected chi connectivity index (χ2v) is 10.4. The van der Waals surface area contributed by atoms with Crippen LogP contribution in [-0.4, -0.2) is 85.5 Å². The highest BCUT2D eigenvalue weighted by Gasteiger charge is 2.27. The fraction of sp³-hybridized carbons (Fsp3) is 0.433. The molecule has 3 heterocycles. The van der Waals surface area contributed by atoms with Crippen molar-refractivity contribution >= 4 is 29.2 Å². The molecule has 0 unspecified atom stereocenters. The number of nitrogen functional groups attached to an aromatic ring is 1. The average molecular weight is 546 g/mol. The van der Waals surface area contributed by atoms with E-state index in [9.17, 15) is 4.79 Å². The number of nitrogens with one attached hydrogen (secondary N) is 1. The van der Waals surface area contributed by atoms with Crippen LogP contribution in [0.1, 0.15) is 35.9 Å². The minimum absolute atomic E-state index is 0.203.